The van der Waals surface area contributed by atoms with E-state index in [-0.39, 0.29) is 5.41 Å². The molecule has 0 N–H and O–H groups in total. The van der Waals surface area contributed by atoms with Gasteiger partial charge in [0.05, 0.1) is 0 Å². The predicted molar refractivity (Wildman–Crippen MR) is 168 cm³/mol. The van der Waals surface area contributed by atoms with Crippen LogP contribution < -0.4 is 0 Å². The van der Waals surface area contributed by atoms with Crippen LogP contribution in [-0.4, -0.2) is 14.9 Å². The molecule has 0 atom stereocenters. The average molecular weight is 531 g/mol. The summed E-state index contributed by atoms with van der Waals surface area (Å²) in [4.78, 5) is 0. The van der Waals surface area contributed by atoms with Gasteiger partial charge in [-0.15, -0.1) is 0 Å². The summed E-state index contributed by atoms with van der Waals surface area (Å²) >= 11 is 0. The molecule has 0 saturated carbocycles. The fourth-order valence-corrected chi connectivity index (χ4v) is 10.7. The summed E-state index contributed by atoms with van der Waals surface area (Å²) in [6.07, 6.45) is 2.21. The quantitative estimate of drug-likeness (QED) is 0.146. The van der Waals surface area contributed by atoms with Gasteiger partial charge in [0.15, 0.2) is 8.32 Å². The maximum absolute atomic E-state index is 6.81. The Balaban J connectivity index is 1.47. The van der Waals surface area contributed by atoms with E-state index in [0.29, 0.717) is 11.8 Å². The Hall–Kier alpha value is -2.94. The molecule has 2 heteroatoms. The van der Waals surface area contributed by atoms with Crippen molar-refractivity contribution in [3.8, 4) is 22.3 Å². The minimum absolute atomic E-state index is 0.0103. The molecule has 0 heterocycles. The van der Waals surface area contributed by atoms with Crippen LogP contribution in [0.1, 0.15) is 74.6 Å². The van der Waals surface area contributed by atoms with E-state index in [0.717, 1.165) is 19.4 Å². The van der Waals surface area contributed by atoms with Crippen LogP contribution in [0.4, 0.5) is 0 Å². The molecule has 1 nitrogen and oxygen atoms in total. The second kappa shape index (κ2) is 10.6. The number of benzene rings is 4. The molecule has 0 spiro atoms. The van der Waals surface area contributed by atoms with Crippen molar-refractivity contribution >= 4 is 8.32 Å². The summed E-state index contributed by atoms with van der Waals surface area (Å²) < 4.78 is 6.81. The first-order valence-corrected chi connectivity index (χ1v) is 17.6. The SMILES string of the molecule is CC[Si](CC)(CC)OCCCC(C)(C1c2ccccc2-c2ccccc21)C1c2ccccc2-c2ccccc21. The van der Waals surface area contributed by atoms with Crippen molar-refractivity contribution in [2.24, 2.45) is 5.41 Å². The van der Waals surface area contributed by atoms with Gasteiger partial charge in [0.1, 0.15) is 0 Å². The molecule has 39 heavy (non-hydrogen) atoms. The van der Waals surface area contributed by atoms with Crippen molar-refractivity contribution in [2.45, 2.75) is 70.5 Å². The van der Waals surface area contributed by atoms with E-state index in [9.17, 15) is 0 Å². The Morgan fingerprint density at radius 3 is 1.23 bits per heavy atom. The third-order valence-electron chi connectivity index (χ3n) is 10.2. The van der Waals surface area contributed by atoms with Crippen molar-refractivity contribution in [1.82, 2.24) is 0 Å². The lowest BCUT2D eigenvalue weighted by atomic mass is 9.60. The van der Waals surface area contributed by atoms with E-state index in [1.165, 1.54) is 62.6 Å². The van der Waals surface area contributed by atoms with Crippen LogP contribution in [0.2, 0.25) is 18.1 Å². The summed E-state index contributed by atoms with van der Waals surface area (Å²) in [6.45, 7) is 10.5. The lowest BCUT2D eigenvalue weighted by Gasteiger charge is -2.43. The van der Waals surface area contributed by atoms with Crippen molar-refractivity contribution < 1.29 is 4.43 Å². The third-order valence-corrected chi connectivity index (χ3v) is 14.9. The molecule has 200 valence electrons. The van der Waals surface area contributed by atoms with E-state index >= 15 is 0 Å². The van der Waals surface area contributed by atoms with Gasteiger partial charge >= 0.3 is 0 Å². The molecule has 0 aromatic heterocycles. The van der Waals surface area contributed by atoms with E-state index in [2.05, 4.69) is 125 Å². The number of rotatable bonds is 10. The molecule has 2 aliphatic rings. The largest absolute Gasteiger partial charge is 0.417 e. The minimum Gasteiger partial charge on any atom is -0.417 e. The molecule has 4 aromatic rings. The van der Waals surface area contributed by atoms with Crippen molar-refractivity contribution in [3.05, 3.63) is 119 Å². The number of hydrogen-bond donors (Lipinski definition) is 0. The van der Waals surface area contributed by atoms with E-state index in [1.807, 2.05) is 0 Å². The van der Waals surface area contributed by atoms with Crippen molar-refractivity contribution in [1.29, 1.82) is 0 Å². The molecule has 0 fully saturated rings. The molecule has 0 aliphatic heterocycles. The lowest BCUT2D eigenvalue weighted by molar-refractivity contribution is 0.193. The second-order valence-electron chi connectivity index (χ2n) is 11.9. The topological polar surface area (TPSA) is 9.23 Å². The fourth-order valence-electron chi connectivity index (χ4n) is 7.99. The van der Waals surface area contributed by atoms with Gasteiger partial charge in [0, 0.05) is 18.4 Å². The Morgan fingerprint density at radius 2 is 0.897 bits per heavy atom. The lowest BCUT2D eigenvalue weighted by Crippen LogP contribution is -2.37. The Kier molecular flexibility index (Phi) is 7.12. The molecule has 0 amide bonds. The zero-order valence-electron chi connectivity index (χ0n) is 24.0. The zero-order chi connectivity index (χ0) is 27.0. The van der Waals surface area contributed by atoms with Gasteiger partial charge in [-0.25, -0.2) is 0 Å². The zero-order valence-corrected chi connectivity index (χ0v) is 25.0. The van der Waals surface area contributed by atoms with Gasteiger partial charge < -0.3 is 4.43 Å². The van der Waals surface area contributed by atoms with Crippen LogP contribution in [0.5, 0.6) is 0 Å². The highest BCUT2D eigenvalue weighted by atomic mass is 28.4. The van der Waals surface area contributed by atoms with Crippen LogP contribution in [-0.2, 0) is 4.43 Å². The summed E-state index contributed by atoms with van der Waals surface area (Å²) in [5.74, 6) is 0.666. The highest BCUT2D eigenvalue weighted by Gasteiger charge is 2.50. The van der Waals surface area contributed by atoms with Crippen LogP contribution in [0.25, 0.3) is 22.3 Å². The molecule has 0 unspecified atom stereocenters. The van der Waals surface area contributed by atoms with E-state index in [1.54, 1.807) is 0 Å². The Morgan fingerprint density at radius 1 is 0.564 bits per heavy atom. The Labute approximate surface area is 236 Å². The molecular formula is C37H42OSi. The second-order valence-corrected chi connectivity index (χ2v) is 16.7. The summed E-state index contributed by atoms with van der Waals surface area (Å²) in [5, 5.41) is 0. The van der Waals surface area contributed by atoms with E-state index in [4.69, 9.17) is 4.43 Å². The number of fused-ring (bicyclic) bond motifs is 6. The molecule has 0 bridgehead atoms. The average Bonchev–Trinajstić information content (AvgIpc) is 3.52. The van der Waals surface area contributed by atoms with Crippen LogP contribution in [0.15, 0.2) is 97.1 Å². The molecule has 4 aromatic carbocycles. The van der Waals surface area contributed by atoms with Gasteiger partial charge in [-0.2, -0.15) is 0 Å². The summed E-state index contributed by atoms with van der Waals surface area (Å²) in [5.41, 5.74) is 11.6. The first-order valence-electron chi connectivity index (χ1n) is 15.1. The smallest absolute Gasteiger partial charge is 0.191 e. The molecule has 0 saturated heterocycles. The first kappa shape index (κ1) is 26.3. The highest BCUT2D eigenvalue weighted by molar-refractivity contribution is 6.73. The normalized spacial score (nSPS) is 14.7. The highest BCUT2D eigenvalue weighted by Crippen LogP contribution is 2.64. The van der Waals surface area contributed by atoms with Crippen LogP contribution in [0, 0.1) is 5.41 Å². The minimum atomic E-state index is -1.61. The standard InChI is InChI=1S/C37H42OSi/c1-5-39(6-2,7-3)38-26-16-25-37(4,35-31-21-12-8-17-27(31)28-18-9-13-22-32(28)35)36-33-23-14-10-19-29(33)30-20-11-15-24-34(30)36/h8-15,17-24,35-36H,5-7,16,25-26H2,1-4H3. The van der Waals surface area contributed by atoms with Crippen molar-refractivity contribution in [3.63, 3.8) is 0 Å². The monoisotopic (exact) mass is 530 g/mol. The van der Waals surface area contributed by atoms with Crippen LogP contribution >= 0.6 is 0 Å². The summed E-state index contributed by atoms with van der Waals surface area (Å²) in [7, 11) is -1.61. The fraction of sp³-hybridized carbons (Fsp3) is 0.351. The molecule has 0 radical (unpaired) electrons. The van der Waals surface area contributed by atoms with Gasteiger partial charge in [0.2, 0.25) is 0 Å². The maximum atomic E-state index is 6.81. The first-order chi connectivity index (χ1) is 19.1. The maximum Gasteiger partial charge on any atom is 0.191 e. The third kappa shape index (κ3) is 4.24. The van der Waals surface area contributed by atoms with Gasteiger partial charge in [-0.3, -0.25) is 0 Å². The van der Waals surface area contributed by atoms with Gasteiger partial charge in [-0.05, 0) is 80.9 Å². The van der Waals surface area contributed by atoms with Gasteiger partial charge in [0.25, 0.3) is 0 Å². The molecule has 2 aliphatic carbocycles. The Bertz CT molecular complexity index is 1270. The van der Waals surface area contributed by atoms with Crippen LogP contribution in [0.3, 0.4) is 0 Å². The van der Waals surface area contributed by atoms with E-state index < -0.39 is 8.32 Å². The predicted octanol–water partition coefficient (Wildman–Crippen LogP) is 10.4. The molecular weight excluding hydrogens is 488 g/mol. The number of hydrogen-bond acceptors (Lipinski definition) is 1. The van der Waals surface area contributed by atoms with Gasteiger partial charge in [-0.1, -0.05) is 125 Å². The van der Waals surface area contributed by atoms with Crippen molar-refractivity contribution in [2.75, 3.05) is 6.61 Å². The molecule has 6 rings (SSSR count). The summed E-state index contributed by atoms with van der Waals surface area (Å²) in [6, 6.07) is 40.3.